The van der Waals surface area contributed by atoms with Gasteiger partial charge in [0.2, 0.25) is 0 Å². The zero-order valence-electron chi connectivity index (χ0n) is 14.2. The molecule has 0 N–H and O–H groups in total. The van der Waals surface area contributed by atoms with Gasteiger partial charge in [0.15, 0.2) is 6.61 Å². The lowest BCUT2D eigenvalue weighted by Gasteiger charge is -2.21. The van der Waals surface area contributed by atoms with E-state index in [0.29, 0.717) is 15.7 Å². The van der Waals surface area contributed by atoms with E-state index < -0.39 is 18.5 Å². The fourth-order valence-electron chi connectivity index (χ4n) is 2.16. The summed E-state index contributed by atoms with van der Waals surface area (Å²) in [5, 5.41) is 9.82. The van der Waals surface area contributed by atoms with Crippen LogP contribution in [0.5, 0.6) is 0 Å². The van der Waals surface area contributed by atoms with Crippen molar-refractivity contribution in [2.75, 3.05) is 23.8 Å². The Labute approximate surface area is 171 Å². The van der Waals surface area contributed by atoms with Gasteiger partial charge in [-0.15, -0.1) is 11.8 Å². The molecule has 0 radical (unpaired) electrons. The zero-order valence-corrected chi connectivity index (χ0v) is 16.6. The van der Waals surface area contributed by atoms with Crippen molar-refractivity contribution in [3.63, 3.8) is 0 Å². The molecule has 8 heteroatoms. The van der Waals surface area contributed by atoms with Crippen molar-refractivity contribution in [3.05, 3.63) is 58.6 Å². The molecule has 0 spiro atoms. The quantitative estimate of drug-likeness (QED) is 0.459. The Hall–Kier alpha value is -2.20. The van der Waals surface area contributed by atoms with Crippen molar-refractivity contribution >= 4 is 52.5 Å². The highest BCUT2D eigenvalue weighted by Crippen LogP contribution is 2.26. The summed E-state index contributed by atoms with van der Waals surface area (Å²) in [5.41, 5.74) is 0.546. The molecular formula is C19H16Cl2N2O3S. The van der Waals surface area contributed by atoms with Gasteiger partial charge in [0.05, 0.1) is 23.3 Å². The topological polar surface area (TPSA) is 70.4 Å². The smallest absolute Gasteiger partial charge is 0.316 e. The van der Waals surface area contributed by atoms with Gasteiger partial charge < -0.3 is 9.64 Å². The summed E-state index contributed by atoms with van der Waals surface area (Å²) in [6.07, 6.45) is 0.147. The second kappa shape index (κ2) is 10.8. The van der Waals surface area contributed by atoms with E-state index in [9.17, 15) is 9.59 Å². The molecule has 0 aromatic heterocycles. The second-order valence-corrected chi connectivity index (χ2v) is 7.17. The summed E-state index contributed by atoms with van der Waals surface area (Å²) in [6.45, 7) is -0.235. The second-order valence-electron chi connectivity index (χ2n) is 5.31. The first-order valence-electron chi connectivity index (χ1n) is 7.97. The summed E-state index contributed by atoms with van der Waals surface area (Å²) in [6, 6.07) is 15.9. The molecule has 0 aliphatic rings. The summed E-state index contributed by atoms with van der Waals surface area (Å²) >= 11 is 13.2. The summed E-state index contributed by atoms with van der Waals surface area (Å²) < 4.78 is 5.07. The van der Waals surface area contributed by atoms with Crippen LogP contribution in [0.3, 0.4) is 0 Å². The molecule has 1 amide bonds. The van der Waals surface area contributed by atoms with E-state index in [0.717, 1.165) is 4.90 Å². The lowest BCUT2D eigenvalue weighted by Crippen LogP contribution is -2.35. The number of anilines is 1. The monoisotopic (exact) mass is 422 g/mol. The Morgan fingerprint density at radius 3 is 2.63 bits per heavy atom. The third kappa shape index (κ3) is 6.79. The Morgan fingerprint density at radius 2 is 1.93 bits per heavy atom. The number of rotatable bonds is 8. The molecule has 0 unspecified atom stereocenters. The van der Waals surface area contributed by atoms with Gasteiger partial charge in [0.25, 0.3) is 5.91 Å². The van der Waals surface area contributed by atoms with Gasteiger partial charge in [0.1, 0.15) is 0 Å². The van der Waals surface area contributed by atoms with Gasteiger partial charge in [0, 0.05) is 22.2 Å². The number of hydrogen-bond acceptors (Lipinski definition) is 5. The van der Waals surface area contributed by atoms with Crippen LogP contribution in [0.15, 0.2) is 53.4 Å². The van der Waals surface area contributed by atoms with Crippen LogP contribution < -0.4 is 4.90 Å². The van der Waals surface area contributed by atoms with Crippen molar-refractivity contribution < 1.29 is 14.3 Å². The number of esters is 1. The first kappa shape index (κ1) is 21.1. The fourth-order valence-corrected chi connectivity index (χ4v) is 3.39. The average Bonchev–Trinajstić information content (AvgIpc) is 2.66. The molecule has 0 atom stereocenters. The number of amides is 1. The van der Waals surface area contributed by atoms with Crippen molar-refractivity contribution in [2.24, 2.45) is 0 Å². The third-order valence-electron chi connectivity index (χ3n) is 3.41. The molecule has 0 fully saturated rings. The molecule has 0 heterocycles. The van der Waals surface area contributed by atoms with Crippen molar-refractivity contribution in [3.8, 4) is 6.07 Å². The van der Waals surface area contributed by atoms with Gasteiger partial charge >= 0.3 is 5.97 Å². The molecule has 0 aliphatic carbocycles. The van der Waals surface area contributed by atoms with Gasteiger partial charge in [-0.1, -0.05) is 41.4 Å². The van der Waals surface area contributed by atoms with E-state index in [-0.39, 0.29) is 18.7 Å². The van der Waals surface area contributed by atoms with Crippen LogP contribution in [0, 0.1) is 11.3 Å². The van der Waals surface area contributed by atoms with E-state index in [4.69, 9.17) is 33.2 Å². The van der Waals surface area contributed by atoms with Crippen molar-refractivity contribution in [2.45, 2.75) is 11.3 Å². The number of carbonyl (C=O) groups is 2. The molecule has 0 saturated carbocycles. The van der Waals surface area contributed by atoms with Gasteiger partial charge in [-0.2, -0.15) is 5.26 Å². The Morgan fingerprint density at radius 1 is 1.15 bits per heavy atom. The highest BCUT2D eigenvalue weighted by molar-refractivity contribution is 8.00. The Kier molecular flexibility index (Phi) is 8.46. The third-order valence-corrected chi connectivity index (χ3v) is 5.13. The number of nitrogens with zero attached hydrogens (tertiary/aromatic N) is 2. The first-order chi connectivity index (χ1) is 13.0. The van der Waals surface area contributed by atoms with Gasteiger partial charge in [-0.3, -0.25) is 9.59 Å². The van der Waals surface area contributed by atoms with Crippen LogP contribution in [0.4, 0.5) is 5.69 Å². The maximum atomic E-state index is 12.5. The molecule has 0 saturated heterocycles. The number of nitriles is 1. The minimum atomic E-state index is -0.528. The van der Waals surface area contributed by atoms with Crippen LogP contribution in [-0.2, 0) is 14.3 Å². The standard InChI is InChI=1S/C19H16Cl2N2O3S/c20-14-5-3-6-15(11-14)23(10-4-9-22)18(24)12-26-19(25)13-27-17-8-2-1-7-16(17)21/h1-3,5-8,11H,4,10,12-13H2. The molecule has 140 valence electrons. The largest absolute Gasteiger partial charge is 0.455 e. The maximum absolute atomic E-state index is 12.5. The van der Waals surface area contributed by atoms with E-state index in [1.165, 1.54) is 16.7 Å². The lowest BCUT2D eigenvalue weighted by atomic mass is 10.2. The summed E-state index contributed by atoms with van der Waals surface area (Å²) in [5.74, 6) is -0.921. The number of halogens is 2. The normalized spacial score (nSPS) is 10.1. The predicted molar refractivity (Wildman–Crippen MR) is 107 cm³/mol. The lowest BCUT2D eigenvalue weighted by molar-refractivity contribution is -0.145. The number of carbonyl (C=O) groups excluding carboxylic acids is 2. The zero-order chi connectivity index (χ0) is 19.6. The SMILES string of the molecule is N#CCCN(C(=O)COC(=O)CSc1ccccc1Cl)c1cccc(Cl)c1. The molecule has 2 aromatic carbocycles. The van der Waals surface area contributed by atoms with E-state index in [1.54, 1.807) is 42.5 Å². The van der Waals surface area contributed by atoms with Crippen LogP contribution in [0.2, 0.25) is 10.0 Å². The summed E-state index contributed by atoms with van der Waals surface area (Å²) in [7, 11) is 0. The van der Waals surface area contributed by atoms with Crippen molar-refractivity contribution in [1.82, 2.24) is 0 Å². The van der Waals surface area contributed by atoms with Gasteiger partial charge in [-0.05, 0) is 30.3 Å². The molecule has 0 bridgehead atoms. The molecule has 2 aromatic rings. The first-order valence-corrected chi connectivity index (χ1v) is 9.71. The Bertz CT molecular complexity index is 855. The van der Waals surface area contributed by atoms with E-state index in [2.05, 4.69) is 0 Å². The van der Waals surface area contributed by atoms with Crippen LogP contribution in [-0.4, -0.2) is 30.8 Å². The molecule has 2 rings (SSSR count). The minimum absolute atomic E-state index is 0.0341. The molecule has 5 nitrogen and oxygen atoms in total. The van der Waals surface area contributed by atoms with Crippen LogP contribution >= 0.6 is 35.0 Å². The van der Waals surface area contributed by atoms with Crippen LogP contribution in [0.25, 0.3) is 0 Å². The molecule has 27 heavy (non-hydrogen) atoms. The van der Waals surface area contributed by atoms with Crippen LogP contribution in [0.1, 0.15) is 6.42 Å². The number of thioether (sulfide) groups is 1. The number of ether oxygens (including phenoxy) is 1. The summed E-state index contributed by atoms with van der Waals surface area (Å²) in [4.78, 5) is 26.5. The highest BCUT2D eigenvalue weighted by Gasteiger charge is 2.18. The van der Waals surface area contributed by atoms with E-state index in [1.807, 2.05) is 12.1 Å². The maximum Gasteiger partial charge on any atom is 0.316 e. The van der Waals surface area contributed by atoms with Gasteiger partial charge in [-0.25, -0.2) is 0 Å². The highest BCUT2D eigenvalue weighted by atomic mass is 35.5. The molecule has 0 aliphatic heterocycles. The molecular weight excluding hydrogens is 407 g/mol. The minimum Gasteiger partial charge on any atom is -0.455 e. The Balaban J connectivity index is 1.91. The van der Waals surface area contributed by atoms with E-state index >= 15 is 0 Å². The number of benzene rings is 2. The average molecular weight is 423 g/mol. The predicted octanol–water partition coefficient (Wildman–Crippen LogP) is 4.58. The fraction of sp³-hybridized carbons (Fsp3) is 0.211. The van der Waals surface area contributed by atoms with Crippen molar-refractivity contribution in [1.29, 1.82) is 5.26 Å². The number of hydrogen-bond donors (Lipinski definition) is 0.